The number of alkyl halides is 1. The monoisotopic (exact) mass is 314 g/mol. The fraction of sp³-hybridized carbons (Fsp3) is 0.733. The second kappa shape index (κ2) is 5.55. The van der Waals surface area contributed by atoms with E-state index < -0.39 is 11.3 Å². The maximum absolute atomic E-state index is 14.3. The molecule has 2 heterocycles. The average Bonchev–Trinajstić information content (AvgIpc) is 2.92. The molecule has 0 N–H and O–H groups in total. The average molecular weight is 314 g/mol. The molecule has 0 amide bonds. The lowest BCUT2D eigenvalue weighted by molar-refractivity contribution is 0.00742. The van der Waals surface area contributed by atoms with Crippen LogP contribution in [0.5, 0.6) is 0 Å². The third kappa shape index (κ3) is 3.73. The number of anilines is 1. The standard InChI is InChI=1S/C15H23FN2O2S/c1-6-15(16)7-8-18(9-15)13-17-10(2)11(21-13)12(19)20-14(3,4)5/h6-9H2,1-5H3. The Hall–Kier alpha value is -1.17. The van der Waals surface area contributed by atoms with E-state index in [9.17, 15) is 9.18 Å². The number of esters is 1. The molecule has 6 heteroatoms. The van der Waals surface area contributed by atoms with Crippen molar-refractivity contribution < 1.29 is 13.9 Å². The molecule has 118 valence electrons. The molecule has 1 aromatic rings. The zero-order chi connectivity index (χ0) is 15.8. The number of ether oxygens (including phenoxy) is 1. The van der Waals surface area contributed by atoms with Crippen LogP contribution < -0.4 is 4.90 Å². The maximum Gasteiger partial charge on any atom is 0.350 e. The van der Waals surface area contributed by atoms with Crippen molar-refractivity contribution in [3.8, 4) is 0 Å². The number of rotatable bonds is 3. The molecular formula is C15H23FN2O2S. The van der Waals surface area contributed by atoms with Gasteiger partial charge in [-0.3, -0.25) is 0 Å². The summed E-state index contributed by atoms with van der Waals surface area (Å²) in [7, 11) is 0. The van der Waals surface area contributed by atoms with Crippen LogP contribution in [0, 0.1) is 6.92 Å². The molecule has 0 aliphatic carbocycles. The highest BCUT2D eigenvalue weighted by Gasteiger charge is 2.38. The lowest BCUT2D eigenvalue weighted by Crippen LogP contribution is -2.28. The number of nitrogens with zero attached hydrogens (tertiary/aromatic N) is 2. The highest BCUT2D eigenvalue weighted by atomic mass is 32.1. The van der Waals surface area contributed by atoms with E-state index >= 15 is 0 Å². The third-order valence-corrected chi connectivity index (χ3v) is 4.78. The van der Waals surface area contributed by atoms with Crippen molar-refractivity contribution in [2.45, 2.75) is 58.7 Å². The largest absolute Gasteiger partial charge is 0.456 e. The summed E-state index contributed by atoms with van der Waals surface area (Å²) in [6, 6.07) is 0. The topological polar surface area (TPSA) is 42.4 Å². The molecule has 2 rings (SSSR count). The summed E-state index contributed by atoms with van der Waals surface area (Å²) in [6.45, 7) is 10.2. The molecule has 4 nitrogen and oxygen atoms in total. The molecule has 1 fully saturated rings. The Bertz CT molecular complexity index is 538. The summed E-state index contributed by atoms with van der Waals surface area (Å²) in [6.07, 6.45) is 1.02. The van der Waals surface area contributed by atoms with E-state index in [0.29, 0.717) is 41.6 Å². The molecule has 1 atom stereocenters. The Kier molecular flexibility index (Phi) is 4.29. The van der Waals surface area contributed by atoms with Crippen molar-refractivity contribution in [2.75, 3.05) is 18.0 Å². The minimum atomic E-state index is -1.13. The van der Waals surface area contributed by atoms with Gasteiger partial charge in [0.05, 0.1) is 12.2 Å². The van der Waals surface area contributed by atoms with Crippen LogP contribution in [0.2, 0.25) is 0 Å². The van der Waals surface area contributed by atoms with Crippen molar-refractivity contribution in [2.24, 2.45) is 0 Å². The zero-order valence-electron chi connectivity index (χ0n) is 13.3. The van der Waals surface area contributed by atoms with Gasteiger partial charge >= 0.3 is 5.97 Å². The summed E-state index contributed by atoms with van der Waals surface area (Å²) < 4.78 is 19.7. The van der Waals surface area contributed by atoms with Crippen LogP contribution in [0.3, 0.4) is 0 Å². The fourth-order valence-electron chi connectivity index (χ4n) is 2.32. The highest BCUT2D eigenvalue weighted by molar-refractivity contribution is 7.17. The van der Waals surface area contributed by atoms with Crippen molar-refractivity contribution in [1.29, 1.82) is 0 Å². The van der Waals surface area contributed by atoms with Crippen molar-refractivity contribution in [1.82, 2.24) is 4.98 Å². The summed E-state index contributed by atoms with van der Waals surface area (Å²) in [5.41, 5.74) is -1.01. The molecular weight excluding hydrogens is 291 g/mol. The van der Waals surface area contributed by atoms with Gasteiger partial charge in [0.2, 0.25) is 0 Å². The molecule has 1 saturated heterocycles. The second-order valence-corrected chi connectivity index (χ2v) is 7.57. The van der Waals surface area contributed by atoms with E-state index in [1.807, 2.05) is 32.6 Å². The van der Waals surface area contributed by atoms with Crippen molar-refractivity contribution >= 4 is 22.4 Å². The number of hydrogen-bond donors (Lipinski definition) is 0. The molecule has 0 spiro atoms. The first-order valence-electron chi connectivity index (χ1n) is 7.28. The molecule has 0 radical (unpaired) electrons. The van der Waals surface area contributed by atoms with Crippen molar-refractivity contribution in [3.05, 3.63) is 10.6 Å². The van der Waals surface area contributed by atoms with Crippen LogP contribution in [-0.2, 0) is 4.74 Å². The number of carbonyl (C=O) groups is 1. The van der Waals surface area contributed by atoms with E-state index in [1.165, 1.54) is 11.3 Å². The number of thiazole rings is 1. The number of halogens is 1. The zero-order valence-corrected chi connectivity index (χ0v) is 14.1. The molecule has 0 saturated carbocycles. The van der Waals surface area contributed by atoms with Crippen LogP contribution in [0.4, 0.5) is 9.52 Å². The van der Waals surface area contributed by atoms with Gasteiger partial charge in [0, 0.05) is 13.0 Å². The van der Waals surface area contributed by atoms with Gasteiger partial charge in [-0.25, -0.2) is 14.2 Å². The van der Waals surface area contributed by atoms with Gasteiger partial charge in [0.1, 0.15) is 16.1 Å². The normalized spacial score (nSPS) is 22.7. The van der Waals surface area contributed by atoms with Gasteiger partial charge in [-0.05, 0) is 34.1 Å². The molecule has 21 heavy (non-hydrogen) atoms. The summed E-state index contributed by atoms with van der Waals surface area (Å²) >= 11 is 1.29. The van der Waals surface area contributed by atoms with E-state index in [1.54, 1.807) is 6.92 Å². The Morgan fingerprint density at radius 3 is 2.71 bits per heavy atom. The first kappa shape index (κ1) is 16.2. The van der Waals surface area contributed by atoms with Crippen LogP contribution in [0.1, 0.15) is 55.9 Å². The number of aryl methyl sites for hydroxylation is 1. The lowest BCUT2D eigenvalue weighted by atomic mass is 10.0. The summed E-state index contributed by atoms with van der Waals surface area (Å²) in [4.78, 5) is 19.0. The molecule has 1 aliphatic heterocycles. The van der Waals surface area contributed by atoms with Crippen LogP contribution in [0.25, 0.3) is 0 Å². The maximum atomic E-state index is 14.3. The second-order valence-electron chi connectivity index (χ2n) is 6.59. The lowest BCUT2D eigenvalue weighted by Gasteiger charge is -2.19. The van der Waals surface area contributed by atoms with E-state index in [0.717, 1.165) is 0 Å². The quantitative estimate of drug-likeness (QED) is 0.797. The van der Waals surface area contributed by atoms with E-state index in [2.05, 4.69) is 4.98 Å². The molecule has 1 aromatic heterocycles. The van der Waals surface area contributed by atoms with Crippen molar-refractivity contribution in [3.63, 3.8) is 0 Å². The predicted molar refractivity (Wildman–Crippen MR) is 83.0 cm³/mol. The van der Waals surface area contributed by atoms with E-state index in [4.69, 9.17) is 4.74 Å². The molecule has 1 unspecified atom stereocenters. The Morgan fingerprint density at radius 2 is 2.19 bits per heavy atom. The predicted octanol–water partition coefficient (Wildman–Crippen LogP) is 3.74. The summed E-state index contributed by atoms with van der Waals surface area (Å²) in [5, 5.41) is 0.710. The van der Waals surface area contributed by atoms with Gasteiger partial charge in [0.15, 0.2) is 5.13 Å². The molecule has 0 bridgehead atoms. The molecule has 1 aliphatic rings. The highest BCUT2D eigenvalue weighted by Crippen LogP contribution is 2.35. The summed E-state index contributed by atoms with van der Waals surface area (Å²) in [5.74, 6) is -0.357. The minimum Gasteiger partial charge on any atom is -0.456 e. The Morgan fingerprint density at radius 1 is 1.52 bits per heavy atom. The van der Waals surface area contributed by atoms with Crippen LogP contribution >= 0.6 is 11.3 Å². The Balaban J connectivity index is 2.15. The van der Waals surface area contributed by atoms with Crippen LogP contribution in [0.15, 0.2) is 0 Å². The fourth-order valence-corrected chi connectivity index (χ4v) is 3.29. The third-order valence-electron chi connectivity index (χ3n) is 3.58. The SMILES string of the molecule is CCC1(F)CCN(c2nc(C)c(C(=O)OC(C)(C)C)s2)C1. The van der Waals surface area contributed by atoms with E-state index in [-0.39, 0.29) is 5.97 Å². The van der Waals surface area contributed by atoms with Gasteiger partial charge in [-0.15, -0.1) is 0 Å². The number of aromatic nitrogens is 1. The van der Waals surface area contributed by atoms with Gasteiger partial charge < -0.3 is 9.64 Å². The number of carbonyl (C=O) groups excluding carboxylic acids is 1. The number of hydrogen-bond acceptors (Lipinski definition) is 5. The first-order valence-corrected chi connectivity index (χ1v) is 8.10. The smallest absolute Gasteiger partial charge is 0.350 e. The van der Waals surface area contributed by atoms with Gasteiger partial charge in [0.25, 0.3) is 0 Å². The molecule has 0 aromatic carbocycles. The Labute approximate surface area is 129 Å². The minimum absolute atomic E-state index is 0.351. The van der Waals surface area contributed by atoms with Gasteiger partial charge in [-0.1, -0.05) is 18.3 Å². The van der Waals surface area contributed by atoms with Gasteiger partial charge in [-0.2, -0.15) is 0 Å². The first-order chi connectivity index (χ1) is 9.63. The van der Waals surface area contributed by atoms with Crippen LogP contribution in [-0.4, -0.2) is 35.3 Å².